The highest BCUT2D eigenvalue weighted by Crippen LogP contribution is 2.41. The summed E-state index contributed by atoms with van der Waals surface area (Å²) in [7, 11) is 0. The molecule has 4 atom stereocenters. The molecule has 13 nitrogen and oxygen atoms in total. The predicted molar refractivity (Wildman–Crippen MR) is 188 cm³/mol. The van der Waals surface area contributed by atoms with Gasteiger partial charge >= 0.3 is 12.3 Å². The zero-order valence-electron chi connectivity index (χ0n) is 30.9. The number of benzene rings is 1. The van der Waals surface area contributed by atoms with Crippen molar-refractivity contribution in [3.63, 3.8) is 0 Å². The van der Waals surface area contributed by atoms with Gasteiger partial charge in [-0.1, -0.05) is 44.2 Å². The predicted octanol–water partition coefficient (Wildman–Crippen LogP) is 3.07. The van der Waals surface area contributed by atoms with E-state index < -0.39 is 71.2 Å². The number of piperidine rings is 1. The Balaban J connectivity index is 1.59. The molecule has 3 aliphatic rings. The van der Waals surface area contributed by atoms with Gasteiger partial charge < -0.3 is 35.8 Å². The van der Waals surface area contributed by atoms with Gasteiger partial charge in [0.25, 0.3) is 5.91 Å². The average Bonchev–Trinajstić information content (AvgIpc) is 3.73. The van der Waals surface area contributed by atoms with Crippen LogP contribution in [0.3, 0.4) is 0 Å². The Labute approximate surface area is 308 Å². The molecular weight excluding hydrogens is 697 g/mol. The van der Waals surface area contributed by atoms with E-state index in [1.807, 2.05) is 13.8 Å². The lowest BCUT2D eigenvalue weighted by atomic mass is 9.80. The van der Waals surface area contributed by atoms with E-state index >= 15 is 0 Å². The number of amides is 5. The summed E-state index contributed by atoms with van der Waals surface area (Å²) in [4.78, 5) is 83.6. The Kier molecular flexibility index (Phi) is 14.3. The topological polar surface area (TPSA) is 166 Å². The number of nitrogens with one attached hydrogen (secondary N) is 4. The third-order valence-corrected chi connectivity index (χ3v) is 10.8. The largest absolute Gasteiger partial charge is 0.445 e. The van der Waals surface area contributed by atoms with Crippen LogP contribution in [0.5, 0.6) is 0 Å². The minimum absolute atomic E-state index is 0.0451. The first-order valence-electron chi connectivity index (χ1n) is 18.5. The van der Waals surface area contributed by atoms with Gasteiger partial charge in [0.2, 0.25) is 23.5 Å². The second-order valence-electron chi connectivity index (χ2n) is 14.8. The number of hydrogen-bond donors (Lipinski definition) is 4. The molecule has 0 aromatic heterocycles. The molecule has 0 bridgehead atoms. The Morgan fingerprint density at radius 3 is 2.19 bits per heavy atom. The number of rotatable bonds is 15. The first kappa shape index (κ1) is 41.5. The van der Waals surface area contributed by atoms with E-state index in [1.54, 1.807) is 49.1 Å². The van der Waals surface area contributed by atoms with E-state index in [1.165, 1.54) is 4.90 Å². The van der Waals surface area contributed by atoms with Crippen LogP contribution in [0.2, 0.25) is 0 Å². The second kappa shape index (κ2) is 18.2. The van der Waals surface area contributed by atoms with Gasteiger partial charge in [-0.3, -0.25) is 24.0 Å². The number of ether oxygens (including phenoxy) is 1. The normalized spacial score (nSPS) is 21.8. The number of alkyl halides is 3. The molecule has 1 aromatic rings. The van der Waals surface area contributed by atoms with Gasteiger partial charge in [-0.05, 0) is 82.9 Å². The molecule has 0 spiro atoms. The fourth-order valence-electron chi connectivity index (χ4n) is 7.42. The Morgan fingerprint density at radius 1 is 0.962 bits per heavy atom. The molecule has 1 aromatic carbocycles. The van der Waals surface area contributed by atoms with Gasteiger partial charge in [-0.15, -0.1) is 0 Å². The third kappa shape index (κ3) is 11.2. The summed E-state index contributed by atoms with van der Waals surface area (Å²) in [5.41, 5.74) is 0.203. The number of carbonyl (C=O) groups excluding carboxylic acids is 6. The van der Waals surface area contributed by atoms with Crippen LogP contribution >= 0.6 is 0 Å². The van der Waals surface area contributed by atoms with Crippen LogP contribution in [0, 0.1) is 17.3 Å². The van der Waals surface area contributed by atoms with Crippen molar-refractivity contribution in [2.75, 3.05) is 32.7 Å². The average molecular weight is 751 g/mol. The number of ketones is 1. The summed E-state index contributed by atoms with van der Waals surface area (Å²) >= 11 is 0. The monoisotopic (exact) mass is 750 g/mol. The summed E-state index contributed by atoms with van der Waals surface area (Å²) in [6.45, 7) is 7.66. The Hall–Kier alpha value is -4.21. The van der Waals surface area contributed by atoms with Gasteiger partial charge in [0.05, 0.1) is 12.0 Å². The molecule has 3 fully saturated rings. The van der Waals surface area contributed by atoms with Crippen molar-refractivity contribution >= 4 is 35.5 Å². The zero-order valence-corrected chi connectivity index (χ0v) is 30.9. The quantitative estimate of drug-likeness (QED) is 0.199. The van der Waals surface area contributed by atoms with Crippen LogP contribution in [0.4, 0.5) is 18.0 Å². The summed E-state index contributed by atoms with van der Waals surface area (Å²) in [6.07, 6.45) is -3.84. The number of hydrogen-bond acceptors (Lipinski definition) is 8. The van der Waals surface area contributed by atoms with Gasteiger partial charge in [0.1, 0.15) is 18.7 Å². The van der Waals surface area contributed by atoms with Crippen molar-refractivity contribution in [1.29, 1.82) is 0 Å². The molecule has 53 heavy (non-hydrogen) atoms. The van der Waals surface area contributed by atoms with Crippen molar-refractivity contribution in [3.05, 3.63) is 35.9 Å². The third-order valence-electron chi connectivity index (χ3n) is 10.8. The molecule has 4 rings (SSSR count). The SMILES string of the molecule is CCC1(CC)C[C@@H](C(=O)N[C@@H](C[C@@H]2CCNC2=O)C(=O)C(=O)NC(C)C)N(C(=O)[C@H](CN2CCC(C(F)(F)F)CC2)NC(=O)OCc2ccccc2)C1. The first-order chi connectivity index (χ1) is 25.1. The smallest absolute Gasteiger partial charge is 0.408 e. The molecule has 3 aliphatic heterocycles. The number of Topliss-reactive ketones (excluding diaryl/α,β-unsaturated/α-hetero) is 1. The van der Waals surface area contributed by atoms with E-state index in [9.17, 15) is 41.9 Å². The summed E-state index contributed by atoms with van der Waals surface area (Å²) in [6, 6.07) is 4.77. The standard InChI is InChI=1S/C37H53F3N6O7/c1-5-36(6-2)19-29(32(49)43-27(18-25-12-15-41-31(25)48)30(47)33(50)42-23(3)4)46(22-36)34(51)28(20-45-16-13-26(14-17-45)37(38,39)40)44-35(52)53-21-24-10-8-7-9-11-24/h7-11,23,25-29H,5-6,12-22H2,1-4H3,(H,41,48)(H,42,50)(H,43,49)(H,44,52)/t25-,27-,28-,29-/m0/s1. The summed E-state index contributed by atoms with van der Waals surface area (Å²) in [5.74, 6) is -5.50. The van der Waals surface area contributed by atoms with Crippen LogP contribution in [0.15, 0.2) is 30.3 Å². The van der Waals surface area contributed by atoms with Crippen LogP contribution in [-0.4, -0.2) is 108 Å². The van der Waals surface area contributed by atoms with Crippen LogP contribution in [-0.2, 0) is 35.3 Å². The van der Waals surface area contributed by atoms with Gasteiger partial charge in [0.15, 0.2) is 0 Å². The lowest BCUT2D eigenvalue weighted by molar-refractivity contribution is -0.185. The molecule has 0 aliphatic carbocycles. The molecule has 3 saturated heterocycles. The van der Waals surface area contributed by atoms with Gasteiger partial charge in [-0.25, -0.2) is 4.79 Å². The molecule has 3 heterocycles. The molecular formula is C37H53F3N6O7. The van der Waals surface area contributed by atoms with Crippen LogP contribution in [0.1, 0.15) is 78.2 Å². The highest BCUT2D eigenvalue weighted by molar-refractivity contribution is 6.38. The summed E-state index contributed by atoms with van der Waals surface area (Å²) < 4.78 is 45.7. The van der Waals surface area contributed by atoms with Crippen molar-refractivity contribution in [1.82, 2.24) is 31.1 Å². The van der Waals surface area contributed by atoms with Crippen LogP contribution < -0.4 is 21.3 Å². The van der Waals surface area contributed by atoms with E-state index in [0.29, 0.717) is 31.4 Å². The zero-order chi connectivity index (χ0) is 38.9. The number of carbonyl (C=O) groups is 6. The number of nitrogens with zero attached hydrogens (tertiary/aromatic N) is 2. The number of likely N-dealkylation sites (tertiary alicyclic amines) is 2. The lowest BCUT2D eigenvalue weighted by Gasteiger charge is -2.36. The fourth-order valence-corrected chi connectivity index (χ4v) is 7.42. The number of halogens is 3. The maximum atomic E-state index is 14.5. The van der Waals surface area contributed by atoms with E-state index in [2.05, 4.69) is 21.3 Å². The molecule has 0 saturated carbocycles. The molecule has 4 N–H and O–H groups in total. The Bertz CT molecular complexity index is 1460. The molecule has 16 heteroatoms. The minimum Gasteiger partial charge on any atom is -0.445 e. The van der Waals surface area contributed by atoms with Crippen molar-refractivity contribution in [3.8, 4) is 0 Å². The lowest BCUT2D eigenvalue weighted by Crippen LogP contribution is -2.59. The van der Waals surface area contributed by atoms with E-state index in [0.717, 1.165) is 0 Å². The highest BCUT2D eigenvalue weighted by atomic mass is 19.4. The van der Waals surface area contributed by atoms with Crippen molar-refractivity contribution in [2.24, 2.45) is 17.3 Å². The maximum absolute atomic E-state index is 14.5. The minimum atomic E-state index is -4.34. The first-order valence-corrected chi connectivity index (χ1v) is 18.5. The second-order valence-corrected chi connectivity index (χ2v) is 14.8. The fraction of sp³-hybridized carbons (Fsp3) is 0.676. The van der Waals surface area contributed by atoms with Crippen LogP contribution in [0.25, 0.3) is 0 Å². The maximum Gasteiger partial charge on any atom is 0.408 e. The molecule has 0 radical (unpaired) electrons. The molecule has 0 unspecified atom stereocenters. The van der Waals surface area contributed by atoms with E-state index in [4.69, 9.17) is 4.74 Å². The Morgan fingerprint density at radius 2 is 1.62 bits per heavy atom. The van der Waals surface area contributed by atoms with Gasteiger partial charge in [0, 0.05) is 31.6 Å². The summed E-state index contributed by atoms with van der Waals surface area (Å²) in [5, 5.41) is 10.6. The van der Waals surface area contributed by atoms with Crippen molar-refractivity contribution < 1.29 is 46.7 Å². The van der Waals surface area contributed by atoms with E-state index in [-0.39, 0.29) is 70.4 Å². The molecule has 5 amide bonds. The molecule has 294 valence electrons. The number of alkyl carbamates (subject to hydrolysis) is 1. The van der Waals surface area contributed by atoms with Gasteiger partial charge in [-0.2, -0.15) is 13.2 Å². The van der Waals surface area contributed by atoms with Crippen molar-refractivity contribution in [2.45, 2.75) is 110 Å². The highest BCUT2D eigenvalue weighted by Gasteiger charge is 2.50.